The normalized spacial score (nSPS) is 10.6. The number of aromatic nitrogens is 1. The van der Waals surface area contributed by atoms with Gasteiger partial charge in [-0.3, -0.25) is 0 Å². The highest BCUT2D eigenvalue weighted by Crippen LogP contribution is 2.29. The zero-order valence-corrected chi connectivity index (χ0v) is 12.7. The Labute approximate surface area is 125 Å². The maximum Gasteiger partial charge on any atom is 0.339 e. The van der Waals surface area contributed by atoms with Gasteiger partial charge in [0.15, 0.2) is 0 Å². The van der Waals surface area contributed by atoms with Crippen LogP contribution in [0, 0.1) is 0 Å². The summed E-state index contributed by atoms with van der Waals surface area (Å²) in [5, 5.41) is 9.29. The molecule has 0 saturated carbocycles. The highest BCUT2D eigenvalue weighted by Gasteiger charge is 2.16. The lowest BCUT2D eigenvalue weighted by Gasteiger charge is -2.11. The van der Waals surface area contributed by atoms with Gasteiger partial charge in [-0.15, -0.1) is 0 Å². The molecule has 104 valence electrons. The predicted octanol–water partition coefficient (Wildman–Crippen LogP) is 4.00. The molecule has 0 atom stereocenters. The summed E-state index contributed by atoms with van der Waals surface area (Å²) in [6.07, 6.45) is 1.68. The fourth-order valence-electron chi connectivity index (χ4n) is 1.87. The number of hydrogen-bond acceptors (Lipinski definition) is 3. The zero-order chi connectivity index (χ0) is 14.7. The second-order valence-electron chi connectivity index (χ2n) is 4.52. The molecule has 0 aliphatic heterocycles. The molecule has 0 spiro atoms. The van der Waals surface area contributed by atoms with E-state index < -0.39 is 5.97 Å². The third kappa shape index (κ3) is 3.17. The summed E-state index contributed by atoms with van der Waals surface area (Å²) in [4.78, 5) is 15.3. The Morgan fingerprint density at radius 2 is 1.90 bits per heavy atom. The first kappa shape index (κ1) is 14.5. The van der Waals surface area contributed by atoms with Gasteiger partial charge in [0.05, 0.1) is 6.10 Å². The van der Waals surface area contributed by atoms with E-state index >= 15 is 0 Å². The summed E-state index contributed by atoms with van der Waals surface area (Å²) >= 11 is 3.18. The number of rotatable bonds is 4. The first-order valence-corrected chi connectivity index (χ1v) is 6.93. The number of carbonyl (C=O) groups is 1. The van der Waals surface area contributed by atoms with Crippen molar-refractivity contribution in [1.29, 1.82) is 0 Å². The highest BCUT2D eigenvalue weighted by atomic mass is 79.9. The summed E-state index contributed by atoms with van der Waals surface area (Å²) in [7, 11) is 0. The standard InChI is InChI=1S/C15H14BrNO3/c1-9(2)20-11-5-3-10(4-6-11)12-7-8-17-14(16)13(12)15(18)19/h3-9H,1-2H3,(H,18,19). The fourth-order valence-corrected chi connectivity index (χ4v) is 2.37. The number of ether oxygens (including phenoxy) is 1. The second kappa shape index (κ2) is 6.05. The number of nitrogens with zero attached hydrogens (tertiary/aromatic N) is 1. The molecule has 0 fully saturated rings. The molecule has 2 rings (SSSR count). The second-order valence-corrected chi connectivity index (χ2v) is 5.27. The largest absolute Gasteiger partial charge is 0.491 e. The summed E-state index contributed by atoms with van der Waals surface area (Å²) in [6.45, 7) is 3.91. The smallest absolute Gasteiger partial charge is 0.339 e. The van der Waals surface area contributed by atoms with Gasteiger partial charge in [0.1, 0.15) is 15.9 Å². The lowest BCUT2D eigenvalue weighted by molar-refractivity contribution is 0.0696. The van der Waals surface area contributed by atoms with Gasteiger partial charge in [-0.1, -0.05) is 12.1 Å². The van der Waals surface area contributed by atoms with Crippen molar-refractivity contribution >= 4 is 21.9 Å². The molecule has 1 aromatic heterocycles. The van der Waals surface area contributed by atoms with E-state index in [0.717, 1.165) is 11.3 Å². The molecule has 0 amide bonds. The van der Waals surface area contributed by atoms with Crippen LogP contribution in [0.15, 0.2) is 41.1 Å². The van der Waals surface area contributed by atoms with Crippen molar-refractivity contribution in [3.63, 3.8) is 0 Å². The molecule has 1 aromatic carbocycles. The van der Waals surface area contributed by atoms with Crippen molar-refractivity contribution in [3.05, 3.63) is 46.7 Å². The lowest BCUT2D eigenvalue weighted by atomic mass is 10.0. The Bertz CT molecular complexity index is 624. The van der Waals surface area contributed by atoms with E-state index in [1.54, 1.807) is 12.3 Å². The maximum absolute atomic E-state index is 11.3. The topological polar surface area (TPSA) is 59.4 Å². The van der Waals surface area contributed by atoms with Crippen molar-refractivity contribution in [1.82, 2.24) is 4.98 Å². The molecule has 20 heavy (non-hydrogen) atoms. The molecule has 0 bridgehead atoms. The minimum Gasteiger partial charge on any atom is -0.491 e. The van der Waals surface area contributed by atoms with Crippen LogP contribution in [0.1, 0.15) is 24.2 Å². The average molecular weight is 336 g/mol. The van der Waals surface area contributed by atoms with Crippen molar-refractivity contribution in [2.75, 3.05) is 0 Å². The van der Waals surface area contributed by atoms with E-state index in [4.69, 9.17) is 4.74 Å². The summed E-state index contributed by atoms with van der Waals surface area (Å²) < 4.78 is 5.89. The van der Waals surface area contributed by atoms with Crippen molar-refractivity contribution < 1.29 is 14.6 Å². The van der Waals surface area contributed by atoms with Gasteiger partial charge in [-0.05, 0) is 53.5 Å². The molecule has 0 radical (unpaired) electrons. The van der Waals surface area contributed by atoms with Gasteiger partial charge in [0.2, 0.25) is 0 Å². The average Bonchev–Trinajstić information content (AvgIpc) is 2.38. The van der Waals surface area contributed by atoms with Crippen molar-refractivity contribution in [2.24, 2.45) is 0 Å². The first-order chi connectivity index (χ1) is 9.49. The monoisotopic (exact) mass is 335 g/mol. The third-order valence-corrected chi connectivity index (χ3v) is 3.26. The van der Waals surface area contributed by atoms with E-state index in [0.29, 0.717) is 10.2 Å². The number of carboxylic acids is 1. The van der Waals surface area contributed by atoms with Crippen LogP contribution >= 0.6 is 15.9 Å². The van der Waals surface area contributed by atoms with Crippen LogP contribution in [0.3, 0.4) is 0 Å². The van der Waals surface area contributed by atoms with E-state index in [-0.39, 0.29) is 11.7 Å². The quantitative estimate of drug-likeness (QED) is 0.858. The van der Waals surface area contributed by atoms with Crippen LogP contribution in [0.4, 0.5) is 0 Å². The van der Waals surface area contributed by atoms with Crippen LogP contribution in [0.25, 0.3) is 11.1 Å². The number of halogens is 1. The molecule has 1 heterocycles. The molecule has 2 aromatic rings. The number of benzene rings is 1. The van der Waals surface area contributed by atoms with Gasteiger partial charge < -0.3 is 9.84 Å². The Hall–Kier alpha value is -1.88. The molecule has 4 nitrogen and oxygen atoms in total. The fraction of sp³-hybridized carbons (Fsp3) is 0.200. The molecule has 0 aliphatic rings. The molecule has 0 saturated heterocycles. The van der Waals surface area contributed by atoms with Gasteiger partial charge in [-0.2, -0.15) is 0 Å². The number of pyridine rings is 1. The van der Waals surface area contributed by atoms with E-state index in [1.807, 2.05) is 38.1 Å². The van der Waals surface area contributed by atoms with Gasteiger partial charge in [0.25, 0.3) is 0 Å². The molecule has 0 unspecified atom stereocenters. The van der Waals surface area contributed by atoms with Crippen molar-refractivity contribution in [3.8, 4) is 16.9 Å². The Morgan fingerprint density at radius 1 is 1.25 bits per heavy atom. The third-order valence-electron chi connectivity index (χ3n) is 2.66. The predicted molar refractivity (Wildman–Crippen MR) is 80.1 cm³/mol. The zero-order valence-electron chi connectivity index (χ0n) is 11.1. The number of carboxylic acid groups (broad SMARTS) is 1. The molecule has 1 N–H and O–H groups in total. The maximum atomic E-state index is 11.3. The van der Waals surface area contributed by atoms with Gasteiger partial charge in [-0.25, -0.2) is 9.78 Å². The molecular formula is C15H14BrNO3. The van der Waals surface area contributed by atoms with E-state index in [1.165, 1.54) is 0 Å². The van der Waals surface area contributed by atoms with Crippen LogP contribution in [-0.4, -0.2) is 22.2 Å². The number of aromatic carboxylic acids is 1. The minimum absolute atomic E-state index is 0.102. The summed E-state index contributed by atoms with van der Waals surface area (Å²) in [5.74, 6) is -0.253. The van der Waals surface area contributed by atoms with Crippen LogP contribution in [0.2, 0.25) is 0 Å². The summed E-state index contributed by atoms with van der Waals surface area (Å²) in [5.41, 5.74) is 1.59. The van der Waals surface area contributed by atoms with Gasteiger partial charge in [0, 0.05) is 11.8 Å². The van der Waals surface area contributed by atoms with Crippen LogP contribution < -0.4 is 4.74 Å². The number of hydrogen-bond donors (Lipinski definition) is 1. The Balaban J connectivity index is 2.42. The SMILES string of the molecule is CC(C)Oc1ccc(-c2ccnc(Br)c2C(=O)O)cc1. The van der Waals surface area contributed by atoms with E-state index in [2.05, 4.69) is 20.9 Å². The Morgan fingerprint density at radius 3 is 2.45 bits per heavy atom. The molecular weight excluding hydrogens is 322 g/mol. The molecule has 5 heteroatoms. The van der Waals surface area contributed by atoms with Crippen LogP contribution in [-0.2, 0) is 0 Å². The summed E-state index contributed by atoms with van der Waals surface area (Å²) in [6, 6.07) is 9.02. The van der Waals surface area contributed by atoms with Crippen molar-refractivity contribution in [2.45, 2.75) is 20.0 Å². The molecule has 0 aliphatic carbocycles. The van der Waals surface area contributed by atoms with Crippen LogP contribution in [0.5, 0.6) is 5.75 Å². The highest BCUT2D eigenvalue weighted by molar-refractivity contribution is 9.10. The lowest BCUT2D eigenvalue weighted by Crippen LogP contribution is -2.05. The van der Waals surface area contributed by atoms with E-state index in [9.17, 15) is 9.90 Å². The Kier molecular flexibility index (Phi) is 4.39. The first-order valence-electron chi connectivity index (χ1n) is 6.14. The minimum atomic E-state index is -1.01. The van der Waals surface area contributed by atoms with Gasteiger partial charge >= 0.3 is 5.97 Å².